The molecular weight excluding hydrogens is 328 g/mol. The number of nitrogens with zero attached hydrogens (tertiary/aromatic N) is 1. The Morgan fingerprint density at radius 2 is 1.96 bits per heavy atom. The first-order valence-corrected chi connectivity index (χ1v) is 7.76. The second kappa shape index (κ2) is 8.70. The van der Waals surface area contributed by atoms with E-state index in [1.54, 1.807) is 7.05 Å². The number of aromatic nitrogens is 1. The van der Waals surface area contributed by atoms with Crippen molar-refractivity contribution in [2.24, 2.45) is 11.7 Å². The van der Waals surface area contributed by atoms with E-state index in [0.717, 1.165) is 10.9 Å². The van der Waals surface area contributed by atoms with E-state index in [0.29, 0.717) is 18.0 Å². The molecule has 24 heavy (non-hydrogen) atoms. The first kappa shape index (κ1) is 20.0. The zero-order valence-corrected chi connectivity index (χ0v) is 15.0. The summed E-state index contributed by atoms with van der Waals surface area (Å²) in [5, 5.41) is 6.46. The van der Waals surface area contributed by atoms with E-state index in [-0.39, 0.29) is 30.8 Å². The van der Waals surface area contributed by atoms with E-state index < -0.39 is 6.04 Å². The lowest BCUT2D eigenvalue weighted by Gasteiger charge is -2.14. The Bertz CT molecular complexity index is 712. The van der Waals surface area contributed by atoms with Crippen molar-refractivity contribution in [3.63, 3.8) is 0 Å². The molecule has 0 aliphatic carbocycles. The van der Waals surface area contributed by atoms with E-state index >= 15 is 0 Å². The maximum Gasteiger partial charge on any atom is 0.241 e. The molecule has 2 aromatic rings. The van der Waals surface area contributed by atoms with E-state index in [1.807, 2.05) is 48.9 Å². The van der Waals surface area contributed by atoms with Crippen LogP contribution in [0.5, 0.6) is 0 Å². The molecule has 0 aliphatic rings. The fraction of sp³-hybridized carbons (Fsp3) is 0.412. The van der Waals surface area contributed by atoms with Crippen LogP contribution >= 0.6 is 12.4 Å². The van der Waals surface area contributed by atoms with Gasteiger partial charge in [-0.2, -0.15) is 0 Å². The van der Waals surface area contributed by atoms with Crippen molar-refractivity contribution >= 4 is 40.8 Å². The second-order valence-corrected chi connectivity index (χ2v) is 6.12. The zero-order chi connectivity index (χ0) is 17.0. The van der Waals surface area contributed by atoms with Gasteiger partial charge in [-0.3, -0.25) is 9.59 Å². The van der Waals surface area contributed by atoms with Crippen LogP contribution in [0.1, 0.15) is 20.3 Å². The van der Waals surface area contributed by atoms with Gasteiger partial charge in [0.05, 0.1) is 11.6 Å². The number of benzene rings is 1. The molecule has 2 rings (SSSR count). The molecule has 0 unspecified atom stereocenters. The minimum atomic E-state index is -0.525. The van der Waals surface area contributed by atoms with Gasteiger partial charge in [-0.15, -0.1) is 12.4 Å². The summed E-state index contributed by atoms with van der Waals surface area (Å²) in [5.74, 6) is 0.0985. The summed E-state index contributed by atoms with van der Waals surface area (Å²) in [6.45, 7) is 4.31. The molecule has 2 amide bonds. The molecule has 7 heteroatoms. The highest BCUT2D eigenvalue weighted by molar-refractivity contribution is 5.97. The van der Waals surface area contributed by atoms with Crippen LogP contribution in [0.3, 0.4) is 0 Å². The number of carbonyl (C=O) groups excluding carboxylic acids is 2. The smallest absolute Gasteiger partial charge is 0.241 e. The first-order chi connectivity index (χ1) is 10.9. The van der Waals surface area contributed by atoms with Crippen LogP contribution in [0.25, 0.3) is 10.9 Å². The third-order valence-electron chi connectivity index (χ3n) is 3.70. The number of halogens is 1. The average Bonchev–Trinajstić information content (AvgIpc) is 2.89. The molecule has 0 saturated carbocycles. The first-order valence-electron chi connectivity index (χ1n) is 7.76. The van der Waals surface area contributed by atoms with Crippen LogP contribution in [0, 0.1) is 5.92 Å². The topological polar surface area (TPSA) is 89.2 Å². The monoisotopic (exact) mass is 352 g/mol. The predicted octanol–water partition coefficient (Wildman–Crippen LogP) is 2.12. The Morgan fingerprint density at radius 3 is 2.58 bits per heavy atom. The molecule has 0 radical (unpaired) electrons. The summed E-state index contributed by atoms with van der Waals surface area (Å²) in [5.41, 5.74) is 7.47. The molecule has 132 valence electrons. The molecule has 6 nitrogen and oxygen atoms in total. The number of rotatable bonds is 6. The molecule has 0 fully saturated rings. The van der Waals surface area contributed by atoms with Crippen LogP contribution in [0.15, 0.2) is 30.5 Å². The highest BCUT2D eigenvalue weighted by atomic mass is 35.5. The lowest BCUT2D eigenvalue weighted by Crippen LogP contribution is -2.36. The average molecular weight is 353 g/mol. The number of amides is 2. The van der Waals surface area contributed by atoms with E-state index in [9.17, 15) is 9.59 Å². The quantitative estimate of drug-likeness (QED) is 0.744. The number of likely N-dealkylation sites (N-methyl/N-ethyl adjacent to an activating group) is 1. The van der Waals surface area contributed by atoms with E-state index in [2.05, 4.69) is 10.6 Å². The highest BCUT2D eigenvalue weighted by Crippen LogP contribution is 2.21. The minimum Gasteiger partial charge on any atom is -0.358 e. The Morgan fingerprint density at radius 1 is 1.25 bits per heavy atom. The molecule has 1 heterocycles. The van der Waals surface area contributed by atoms with Gasteiger partial charge in [0, 0.05) is 18.9 Å². The maximum atomic E-state index is 12.1. The van der Waals surface area contributed by atoms with E-state index in [1.165, 1.54) is 0 Å². The van der Waals surface area contributed by atoms with Crippen LogP contribution in [-0.2, 0) is 16.1 Å². The van der Waals surface area contributed by atoms with E-state index in [4.69, 9.17) is 5.73 Å². The minimum absolute atomic E-state index is 0. The third-order valence-corrected chi connectivity index (χ3v) is 3.70. The molecule has 0 spiro atoms. The van der Waals surface area contributed by atoms with Gasteiger partial charge in [0.15, 0.2) is 0 Å². The van der Waals surface area contributed by atoms with Crippen molar-refractivity contribution in [3.05, 3.63) is 30.5 Å². The predicted molar refractivity (Wildman–Crippen MR) is 99.3 cm³/mol. The van der Waals surface area contributed by atoms with Crippen molar-refractivity contribution in [1.29, 1.82) is 0 Å². The molecule has 1 atom stereocenters. The number of nitrogens with one attached hydrogen (secondary N) is 2. The van der Waals surface area contributed by atoms with Gasteiger partial charge in [0.2, 0.25) is 11.8 Å². The van der Waals surface area contributed by atoms with Crippen LogP contribution in [0.4, 0.5) is 5.69 Å². The summed E-state index contributed by atoms with van der Waals surface area (Å²) in [6.07, 6.45) is 2.50. The number of anilines is 1. The summed E-state index contributed by atoms with van der Waals surface area (Å²) < 4.78 is 1.85. The summed E-state index contributed by atoms with van der Waals surface area (Å²) in [6, 6.07) is 7.03. The molecule has 4 N–H and O–H groups in total. The van der Waals surface area contributed by atoms with Gasteiger partial charge in [0.1, 0.15) is 6.54 Å². The number of hydrogen-bond acceptors (Lipinski definition) is 3. The standard InChI is InChI=1S/C17H24N4O2.ClH/c1-11(2)8-14(18)17(23)20-13-5-4-12-6-7-21(15(12)9-13)10-16(22)19-3;/h4-7,9,11,14H,8,10,18H2,1-3H3,(H,19,22)(H,20,23);1H/t14-;/m0./s1. The maximum absolute atomic E-state index is 12.1. The van der Waals surface area contributed by atoms with Crippen molar-refractivity contribution in [1.82, 2.24) is 9.88 Å². The van der Waals surface area contributed by atoms with Gasteiger partial charge < -0.3 is 20.9 Å². The Kier molecular flexibility index (Phi) is 7.25. The summed E-state index contributed by atoms with van der Waals surface area (Å²) in [4.78, 5) is 23.7. The normalized spacial score (nSPS) is 11.9. The van der Waals surface area contributed by atoms with Gasteiger partial charge in [-0.05, 0) is 35.9 Å². The molecule has 0 aliphatic heterocycles. The SMILES string of the molecule is CNC(=O)Cn1ccc2ccc(NC(=O)[C@@H](N)CC(C)C)cc21.Cl. The highest BCUT2D eigenvalue weighted by Gasteiger charge is 2.15. The number of hydrogen-bond donors (Lipinski definition) is 3. The Labute approximate surface area is 148 Å². The van der Waals surface area contributed by atoms with Gasteiger partial charge >= 0.3 is 0 Å². The third kappa shape index (κ3) is 4.97. The van der Waals surface area contributed by atoms with Gasteiger partial charge in [-0.1, -0.05) is 19.9 Å². The molecule has 1 aromatic heterocycles. The van der Waals surface area contributed by atoms with Gasteiger partial charge in [0.25, 0.3) is 0 Å². The Hall–Kier alpha value is -2.05. The lowest BCUT2D eigenvalue weighted by molar-refractivity contribution is -0.121. The second-order valence-electron chi connectivity index (χ2n) is 6.12. The number of fused-ring (bicyclic) bond motifs is 1. The summed E-state index contributed by atoms with van der Waals surface area (Å²) in [7, 11) is 1.61. The van der Waals surface area contributed by atoms with Crippen molar-refractivity contribution in [3.8, 4) is 0 Å². The summed E-state index contributed by atoms with van der Waals surface area (Å²) >= 11 is 0. The largest absolute Gasteiger partial charge is 0.358 e. The molecule has 0 bridgehead atoms. The van der Waals surface area contributed by atoms with Crippen LogP contribution in [0.2, 0.25) is 0 Å². The van der Waals surface area contributed by atoms with Crippen molar-refractivity contribution in [2.75, 3.05) is 12.4 Å². The van der Waals surface area contributed by atoms with Gasteiger partial charge in [-0.25, -0.2) is 0 Å². The lowest BCUT2D eigenvalue weighted by atomic mass is 10.0. The number of carbonyl (C=O) groups is 2. The molecular formula is C17H25ClN4O2. The molecule has 0 saturated heterocycles. The fourth-order valence-corrected chi connectivity index (χ4v) is 2.48. The van der Waals surface area contributed by atoms with Crippen LogP contribution in [-0.4, -0.2) is 29.5 Å². The van der Waals surface area contributed by atoms with Crippen LogP contribution < -0.4 is 16.4 Å². The van der Waals surface area contributed by atoms with Crippen molar-refractivity contribution < 1.29 is 9.59 Å². The molecule has 1 aromatic carbocycles. The van der Waals surface area contributed by atoms with Crippen molar-refractivity contribution in [2.45, 2.75) is 32.9 Å². The zero-order valence-electron chi connectivity index (χ0n) is 14.2. The fourth-order valence-electron chi connectivity index (χ4n) is 2.48. The number of nitrogens with two attached hydrogens (primary N) is 1. The Balaban J connectivity index is 0.00000288.